The molecule has 2 saturated carbocycles. The van der Waals surface area contributed by atoms with E-state index in [1.54, 1.807) is 0 Å². The van der Waals surface area contributed by atoms with Gasteiger partial charge in [0.15, 0.2) is 0 Å². The summed E-state index contributed by atoms with van der Waals surface area (Å²) >= 11 is 0. The van der Waals surface area contributed by atoms with Crippen LogP contribution in [0.4, 0.5) is 0 Å². The number of hydrogen-bond donors (Lipinski definition) is 2. The van der Waals surface area contributed by atoms with Gasteiger partial charge >= 0.3 is 0 Å². The fourth-order valence-corrected chi connectivity index (χ4v) is 5.04. The lowest BCUT2D eigenvalue weighted by molar-refractivity contribution is -0.128. The Morgan fingerprint density at radius 3 is 2.52 bits per heavy atom. The Kier molecular flexibility index (Phi) is 4.51. The van der Waals surface area contributed by atoms with Crippen LogP contribution in [0.3, 0.4) is 0 Å². The second-order valence-corrected chi connectivity index (χ2v) is 8.00. The third kappa shape index (κ3) is 3.18. The van der Waals surface area contributed by atoms with Crippen molar-refractivity contribution in [3.63, 3.8) is 0 Å². The molecule has 3 N–H and O–H groups in total. The smallest absolute Gasteiger partial charge is 0.223 e. The highest BCUT2D eigenvalue weighted by atomic mass is 16.1. The molecule has 3 nitrogen and oxygen atoms in total. The zero-order valence-corrected chi connectivity index (χ0v) is 14.9. The molecule has 132 valence electrons. The van der Waals surface area contributed by atoms with Crippen LogP contribution in [0.5, 0.6) is 0 Å². The van der Waals surface area contributed by atoms with Crippen molar-refractivity contribution < 1.29 is 4.79 Å². The molecule has 0 saturated heterocycles. The van der Waals surface area contributed by atoms with E-state index in [2.05, 4.69) is 54.7 Å². The Hall–Kier alpha value is -1.87. The summed E-state index contributed by atoms with van der Waals surface area (Å²) in [5.74, 6) is 1.42. The lowest BCUT2D eigenvalue weighted by atomic mass is 9.65. The Labute approximate surface area is 150 Å². The van der Waals surface area contributed by atoms with E-state index in [1.165, 1.54) is 35.6 Å². The number of carbonyl (C=O) groups is 1. The molecule has 1 amide bonds. The van der Waals surface area contributed by atoms with Gasteiger partial charge in [-0.2, -0.15) is 0 Å². The highest BCUT2D eigenvalue weighted by Gasteiger charge is 2.40. The van der Waals surface area contributed by atoms with Gasteiger partial charge < -0.3 is 11.1 Å². The molecule has 0 spiro atoms. The first-order valence-electron chi connectivity index (χ1n) is 9.67. The van der Waals surface area contributed by atoms with Gasteiger partial charge in [0, 0.05) is 12.0 Å². The lowest BCUT2D eigenvalue weighted by Crippen LogP contribution is -2.49. The average Bonchev–Trinajstić information content (AvgIpc) is 2.60. The van der Waals surface area contributed by atoms with Gasteiger partial charge in [-0.25, -0.2) is 0 Å². The molecule has 25 heavy (non-hydrogen) atoms. The number of amides is 1. The van der Waals surface area contributed by atoms with Crippen molar-refractivity contribution >= 4 is 16.7 Å². The van der Waals surface area contributed by atoms with Crippen LogP contribution in [-0.2, 0) is 4.79 Å². The SMILES string of the molecule is CC(NC(=O)C1CC2CCCC(C1)C2N)c1cccc2ccccc12. The van der Waals surface area contributed by atoms with Gasteiger partial charge in [-0.1, -0.05) is 48.9 Å². The molecule has 2 bridgehead atoms. The monoisotopic (exact) mass is 336 g/mol. The van der Waals surface area contributed by atoms with E-state index in [0.29, 0.717) is 17.9 Å². The molecule has 0 heterocycles. The van der Waals surface area contributed by atoms with E-state index in [1.807, 2.05) is 0 Å². The molecule has 2 aromatic rings. The van der Waals surface area contributed by atoms with Crippen molar-refractivity contribution in [1.29, 1.82) is 0 Å². The summed E-state index contributed by atoms with van der Waals surface area (Å²) in [6, 6.07) is 15.0. The minimum atomic E-state index is 0.0223. The Balaban J connectivity index is 1.49. The second kappa shape index (κ2) is 6.80. The molecule has 0 aliphatic heterocycles. The highest BCUT2D eigenvalue weighted by Crippen LogP contribution is 2.42. The fourth-order valence-electron chi connectivity index (χ4n) is 5.04. The molecular formula is C22H28N2O. The maximum atomic E-state index is 12.9. The van der Waals surface area contributed by atoms with Crippen LogP contribution < -0.4 is 11.1 Å². The Morgan fingerprint density at radius 1 is 1.08 bits per heavy atom. The molecule has 2 fully saturated rings. The largest absolute Gasteiger partial charge is 0.349 e. The molecule has 2 aromatic carbocycles. The van der Waals surface area contributed by atoms with Crippen LogP contribution in [-0.4, -0.2) is 11.9 Å². The van der Waals surface area contributed by atoms with Crippen LogP contribution in [0.1, 0.15) is 50.6 Å². The Morgan fingerprint density at radius 2 is 1.76 bits per heavy atom. The standard InChI is InChI=1S/C22H28N2O/c1-14(19-11-5-7-15-6-2-3-10-20(15)19)24-22(25)18-12-16-8-4-9-17(13-18)21(16)23/h2-3,5-7,10-11,14,16-18,21H,4,8-9,12-13,23H2,1H3,(H,24,25). The molecule has 3 unspecified atom stereocenters. The molecule has 3 atom stereocenters. The number of carbonyl (C=O) groups excluding carboxylic acids is 1. The maximum absolute atomic E-state index is 12.9. The topological polar surface area (TPSA) is 55.1 Å². The predicted octanol–water partition coefficient (Wildman–Crippen LogP) is 4.17. The second-order valence-electron chi connectivity index (χ2n) is 8.00. The van der Waals surface area contributed by atoms with Crippen LogP contribution in [0, 0.1) is 17.8 Å². The number of benzene rings is 2. The van der Waals surface area contributed by atoms with Crippen LogP contribution >= 0.6 is 0 Å². The van der Waals surface area contributed by atoms with Gasteiger partial charge in [0.05, 0.1) is 6.04 Å². The molecular weight excluding hydrogens is 308 g/mol. The van der Waals surface area contributed by atoms with Crippen molar-refractivity contribution in [2.75, 3.05) is 0 Å². The summed E-state index contributed by atoms with van der Waals surface area (Å²) in [4.78, 5) is 12.9. The third-order valence-corrected chi connectivity index (χ3v) is 6.43. The molecule has 0 aromatic heterocycles. The first-order valence-corrected chi connectivity index (χ1v) is 9.67. The van der Waals surface area contributed by atoms with Gasteiger partial charge in [-0.05, 0) is 60.8 Å². The van der Waals surface area contributed by atoms with E-state index in [4.69, 9.17) is 5.73 Å². The molecule has 2 aliphatic carbocycles. The zero-order chi connectivity index (χ0) is 17.4. The number of nitrogens with one attached hydrogen (secondary N) is 1. The lowest BCUT2D eigenvalue weighted by Gasteiger charge is -2.43. The molecule has 2 aliphatic rings. The van der Waals surface area contributed by atoms with Crippen molar-refractivity contribution in [1.82, 2.24) is 5.32 Å². The number of fused-ring (bicyclic) bond motifs is 3. The first kappa shape index (κ1) is 16.6. The normalized spacial score (nSPS) is 30.0. The summed E-state index contributed by atoms with van der Waals surface area (Å²) in [6.07, 6.45) is 5.60. The van der Waals surface area contributed by atoms with Crippen LogP contribution in [0.2, 0.25) is 0 Å². The van der Waals surface area contributed by atoms with E-state index in [0.717, 1.165) is 12.8 Å². The van der Waals surface area contributed by atoms with Gasteiger partial charge in [0.2, 0.25) is 5.91 Å². The summed E-state index contributed by atoms with van der Waals surface area (Å²) in [5.41, 5.74) is 7.56. The molecule has 4 rings (SSSR count). The number of nitrogens with two attached hydrogens (primary N) is 1. The van der Waals surface area contributed by atoms with E-state index in [9.17, 15) is 4.79 Å². The van der Waals surface area contributed by atoms with Gasteiger partial charge in [-0.15, -0.1) is 0 Å². The van der Waals surface area contributed by atoms with Crippen LogP contribution in [0.25, 0.3) is 10.8 Å². The van der Waals surface area contributed by atoms with Crippen LogP contribution in [0.15, 0.2) is 42.5 Å². The van der Waals surface area contributed by atoms with Crippen molar-refractivity contribution in [2.24, 2.45) is 23.5 Å². The average molecular weight is 336 g/mol. The highest BCUT2D eigenvalue weighted by molar-refractivity contribution is 5.87. The first-order chi connectivity index (χ1) is 12.1. The van der Waals surface area contributed by atoms with Crippen molar-refractivity contribution in [3.8, 4) is 0 Å². The van der Waals surface area contributed by atoms with Gasteiger partial charge in [-0.3, -0.25) is 4.79 Å². The number of hydrogen-bond acceptors (Lipinski definition) is 2. The summed E-state index contributed by atoms with van der Waals surface area (Å²) in [5, 5.41) is 5.73. The van der Waals surface area contributed by atoms with Gasteiger partial charge in [0.1, 0.15) is 0 Å². The minimum Gasteiger partial charge on any atom is -0.349 e. The summed E-state index contributed by atoms with van der Waals surface area (Å²) < 4.78 is 0. The van der Waals surface area contributed by atoms with Crippen molar-refractivity contribution in [3.05, 3.63) is 48.0 Å². The van der Waals surface area contributed by atoms with E-state index < -0.39 is 0 Å². The minimum absolute atomic E-state index is 0.0223. The molecule has 3 heteroatoms. The Bertz CT molecular complexity index is 752. The van der Waals surface area contributed by atoms with E-state index in [-0.39, 0.29) is 17.9 Å². The summed E-state index contributed by atoms with van der Waals surface area (Å²) in [7, 11) is 0. The van der Waals surface area contributed by atoms with E-state index >= 15 is 0 Å². The fraction of sp³-hybridized carbons (Fsp3) is 0.500. The maximum Gasteiger partial charge on any atom is 0.223 e. The third-order valence-electron chi connectivity index (χ3n) is 6.43. The quantitative estimate of drug-likeness (QED) is 0.884. The van der Waals surface area contributed by atoms with Gasteiger partial charge in [0.25, 0.3) is 0 Å². The summed E-state index contributed by atoms with van der Waals surface area (Å²) in [6.45, 7) is 2.09. The zero-order valence-electron chi connectivity index (χ0n) is 14.9. The van der Waals surface area contributed by atoms with Crippen molar-refractivity contribution in [2.45, 2.75) is 51.1 Å². The number of rotatable bonds is 3. The molecule has 0 radical (unpaired) electrons. The predicted molar refractivity (Wildman–Crippen MR) is 102 cm³/mol.